The maximum Gasteiger partial charge on any atom is 0.280 e. The maximum atomic E-state index is 5.87. The van der Waals surface area contributed by atoms with Gasteiger partial charge in [-0.25, -0.2) is 0 Å². The molecule has 0 aliphatic carbocycles. The van der Waals surface area contributed by atoms with Gasteiger partial charge in [0.1, 0.15) is 10.9 Å². The average Bonchev–Trinajstić information content (AvgIpc) is 2.62. The molecule has 0 N–H and O–H groups in total. The van der Waals surface area contributed by atoms with Crippen LogP contribution in [0.25, 0.3) is 0 Å². The molecule has 6 heteroatoms. The Morgan fingerprint density at radius 3 is 2.75 bits per heavy atom. The highest BCUT2D eigenvalue weighted by molar-refractivity contribution is 9.10. The van der Waals surface area contributed by atoms with E-state index in [1.54, 1.807) is 0 Å². The van der Waals surface area contributed by atoms with E-state index in [1.165, 1.54) is 11.3 Å². The minimum Gasteiger partial charge on any atom is -0.430 e. The number of rotatable bonds is 3. The fourth-order valence-electron chi connectivity index (χ4n) is 1.06. The van der Waals surface area contributed by atoms with E-state index in [0.29, 0.717) is 22.0 Å². The molecule has 1 heterocycles. The lowest BCUT2D eigenvalue weighted by Gasteiger charge is -2.02. The zero-order valence-electron chi connectivity index (χ0n) is 7.91. The molecule has 2 rings (SSSR count). The lowest BCUT2D eigenvalue weighted by atomic mass is 10.3. The average molecular weight is 339 g/mol. The molecule has 0 fully saturated rings. The molecule has 1 aromatic heterocycles. The molecule has 0 bridgehead atoms. The molecule has 0 radical (unpaired) electrons. The van der Waals surface area contributed by atoms with Gasteiger partial charge < -0.3 is 4.74 Å². The van der Waals surface area contributed by atoms with Crippen molar-refractivity contribution in [2.75, 3.05) is 0 Å². The first kappa shape index (κ1) is 12.2. The molecule has 0 amide bonds. The van der Waals surface area contributed by atoms with Crippen molar-refractivity contribution in [2.24, 2.45) is 0 Å². The summed E-state index contributed by atoms with van der Waals surface area (Å²) < 4.78 is 6.46. The Bertz CT molecular complexity index is 503. The first-order valence-corrected chi connectivity index (χ1v) is 6.86. The first-order chi connectivity index (χ1) is 7.70. The van der Waals surface area contributed by atoms with Crippen LogP contribution < -0.4 is 4.74 Å². The summed E-state index contributed by atoms with van der Waals surface area (Å²) in [5.74, 6) is 1.05. The lowest BCUT2D eigenvalue weighted by molar-refractivity contribution is 0.476. The summed E-state index contributed by atoms with van der Waals surface area (Å²) in [6.07, 6.45) is 0. The topological polar surface area (TPSA) is 22.1 Å². The number of ether oxygens (including phenoxy) is 1. The molecule has 2 aromatic rings. The number of thiazole rings is 1. The normalized spacial score (nSPS) is 10.4. The molecule has 0 spiro atoms. The van der Waals surface area contributed by atoms with Gasteiger partial charge in [-0.15, -0.1) is 11.6 Å². The van der Waals surface area contributed by atoms with Gasteiger partial charge in [-0.1, -0.05) is 35.1 Å². The summed E-state index contributed by atoms with van der Waals surface area (Å²) in [4.78, 5) is 4.88. The summed E-state index contributed by atoms with van der Waals surface area (Å²) >= 11 is 16.3. The highest BCUT2D eigenvalue weighted by Gasteiger charge is 2.11. The molecule has 0 saturated carbocycles. The number of benzene rings is 1. The standard InChI is InChI=1S/C10H6BrCl2NOS/c11-6-3-1-2-4-7(6)15-10-14-9(13)8(5-12)16-10/h1-4H,5H2. The van der Waals surface area contributed by atoms with Gasteiger partial charge in [0.2, 0.25) is 0 Å². The van der Waals surface area contributed by atoms with Crippen molar-refractivity contribution in [3.8, 4) is 10.9 Å². The van der Waals surface area contributed by atoms with E-state index in [-0.39, 0.29) is 0 Å². The number of halogens is 3. The summed E-state index contributed by atoms with van der Waals surface area (Å²) in [6.45, 7) is 0. The van der Waals surface area contributed by atoms with Crippen molar-refractivity contribution in [1.29, 1.82) is 0 Å². The second-order valence-corrected chi connectivity index (χ2v) is 5.39. The van der Waals surface area contributed by atoms with Crippen LogP contribution in [0.2, 0.25) is 5.15 Å². The van der Waals surface area contributed by atoms with Crippen LogP contribution in [0.1, 0.15) is 4.88 Å². The van der Waals surface area contributed by atoms with Gasteiger partial charge in [0, 0.05) is 0 Å². The van der Waals surface area contributed by atoms with Gasteiger partial charge in [-0.05, 0) is 28.1 Å². The highest BCUT2D eigenvalue weighted by Crippen LogP contribution is 2.35. The first-order valence-electron chi connectivity index (χ1n) is 4.34. The molecule has 0 unspecified atom stereocenters. The van der Waals surface area contributed by atoms with Crippen LogP contribution in [-0.4, -0.2) is 4.98 Å². The Labute approximate surface area is 115 Å². The van der Waals surface area contributed by atoms with E-state index in [9.17, 15) is 0 Å². The molecule has 16 heavy (non-hydrogen) atoms. The zero-order valence-corrected chi connectivity index (χ0v) is 11.8. The number of aromatic nitrogens is 1. The van der Waals surface area contributed by atoms with Crippen LogP contribution in [0.3, 0.4) is 0 Å². The third kappa shape index (κ3) is 2.69. The summed E-state index contributed by atoms with van der Waals surface area (Å²) in [7, 11) is 0. The number of para-hydroxylation sites is 1. The van der Waals surface area contributed by atoms with E-state index in [0.717, 1.165) is 9.35 Å². The number of alkyl halides is 1. The van der Waals surface area contributed by atoms with Crippen LogP contribution in [0.4, 0.5) is 0 Å². The molecule has 2 nitrogen and oxygen atoms in total. The van der Waals surface area contributed by atoms with Crippen molar-refractivity contribution in [1.82, 2.24) is 4.98 Å². The largest absolute Gasteiger partial charge is 0.430 e. The fourth-order valence-corrected chi connectivity index (χ4v) is 2.76. The van der Waals surface area contributed by atoms with Gasteiger partial charge in [-0.3, -0.25) is 0 Å². The molecule has 0 atom stereocenters. The Morgan fingerprint density at radius 1 is 1.38 bits per heavy atom. The van der Waals surface area contributed by atoms with Gasteiger partial charge in [0.05, 0.1) is 15.2 Å². The lowest BCUT2D eigenvalue weighted by Crippen LogP contribution is -1.83. The second kappa shape index (κ2) is 5.36. The summed E-state index contributed by atoms with van der Waals surface area (Å²) in [5, 5.41) is 0.898. The van der Waals surface area contributed by atoms with E-state index in [1.807, 2.05) is 24.3 Å². The Balaban J connectivity index is 2.24. The third-order valence-corrected chi connectivity index (χ3v) is 4.22. The second-order valence-electron chi connectivity index (χ2n) is 2.86. The maximum absolute atomic E-state index is 5.87. The van der Waals surface area contributed by atoms with Crippen molar-refractivity contribution < 1.29 is 4.74 Å². The van der Waals surface area contributed by atoms with Crippen molar-refractivity contribution in [2.45, 2.75) is 5.88 Å². The smallest absolute Gasteiger partial charge is 0.280 e. The van der Waals surface area contributed by atoms with Crippen LogP contribution in [0.15, 0.2) is 28.7 Å². The van der Waals surface area contributed by atoms with Crippen molar-refractivity contribution >= 4 is 50.5 Å². The van der Waals surface area contributed by atoms with Gasteiger partial charge in [-0.2, -0.15) is 4.98 Å². The summed E-state index contributed by atoms with van der Waals surface area (Å²) in [6, 6.07) is 7.54. The Hall–Kier alpha value is -0.290. The predicted molar refractivity (Wildman–Crippen MR) is 70.9 cm³/mol. The van der Waals surface area contributed by atoms with Crippen LogP contribution >= 0.6 is 50.5 Å². The number of hydrogen-bond acceptors (Lipinski definition) is 3. The molecule has 0 aliphatic rings. The predicted octanol–water partition coefficient (Wildman–Crippen LogP) is 5.09. The Morgan fingerprint density at radius 2 is 2.12 bits per heavy atom. The fraction of sp³-hybridized carbons (Fsp3) is 0.100. The van der Waals surface area contributed by atoms with E-state index >= 15 is 0 Å². The quantitative estimate of drug-likeness (QED) is 0.727. The van der Waals surface area contributed by atoms with Crippen molar-refractivity contribution in [3.05, 3.63) is 38.8 Å². The van der Waals surface area contributed by atoms with E-state index in [2.05, 4.69) is 20.9 Å². The molecular weight excluding hydrogens is 333 g/mol. The molecule has 0 saturated heterocycles. The van der Waals surface area contributed by atoms with Crippen LogP contribution in [-0.2, 0) is 5.88 Å². The van der Waals surface area contributed by atoms with Crippen LogP contribution in [0.5, 0.6) is 10.9 Å². The monoisotopic (exact) mass is 337 g/mol. The van der Waals surface area contributed by atoms with Gasteiger partial charge in [0.25, 0.3) is 5.19 Å². The zero-order chi connectivity index (χ0) is 11.5. The van der Waals surface area contributed by atoms with E-state index in [4.69, 9.17) is 27.9 Å². The Kier molecular flexibility index (Phi) is 4.08. The molecule has 1 aromatic carbocycles. The molecule has 84 valence electrons. The molecular formula is C10H6BrCl2NOS. The van der Waals surface area contributed by atoms with Gasteiger partial charge >= 0.3 is 0 Å². The number of hydrogen-bond donors (Lipinski definition) is 0. The molecule has 0 aliphatic heterocycles. The third-order valence-electron chi connectivity index (χ3n) is 1.79. The minimum absolute atomic E-state index is 0.343. The van der Waals surface area contributed by atoms with Crippen molar-refractivity contribution in [3.63, 3.8) is 0 Å². The highest BCUT2D eigenvalue weighted by atomic mass is 79.9. The SMILES string of the molecule is ClCc1sc(Oc2ccccc2Br)nc1Cl. The van der Waals surface area contributed by atoms with Crippen LogP contribution in [0, 0.1) is 0 Å². The summed E-state index contributed by atoms with van der Waals surface area (Å²) in [5.41, 5.74) is 0. The number of nitrogens with zero attached hydrogens (tertiary/aromatic N) is 1. The van der Waals surface area contributed by atoms with Gasteiger partial charge in [0.15, 0.2) is 0 Å². The van der Waals surface area contributed by atoms with E-state index < -0.39 is 0 Å². The minimum atomic E-state index is 0.343.